The van der Waals surface area contributed by atoms with Crippen LogP contribution in [0, 0.1) is 17.3 Å². The van der Waals surface area contributed by atoms with Crippen molar-refractivity contribution < 1.29 is 9.90 Å². The third kappa shape index (κ3) is 4.09. The zero-order valence-corrected chi connectivity index (χ0v) is 12.7. The number of thiophene rings is 1. The van der Waals surface area contributed by atoms with Crippen LogP contribution in [-0.2, 0) is 0 Å². The highest BCUT2D eigenvalue weighted by atomic mass is 32.1. The first kappa shape index (κ1) is 15.1. The first-order valence-electron chi connectivity index (χ1n) is 7.11. The number of nitrogens with one attached hydrogen (secondary N) is 1. The molecule has 1 amide bonds. The largest absolute Gasteiger partial charge is 0.384 e. The number of amides is 1. The van der Waals surface area contributed by atoms with Gasteiger partial charge in [-0.05, 0) is 30.4 Å². The van der Waals surface area contributed by atoms with Gasteiger partial charge in [0, 0.05) is 6.54 Å². The molecule has 2 N–H and O–H groups in total. The maximum atomic E-state index is 12.1. The first-order valence-corrected chi connectivity index (χ1v) is 7.92. The van der Waals surface area contributed by atoms with Gasteiger partial charge in [0.25, 0.3) is 5.91 Å². The van der Waals surface area contributed by atoms with Crippen LogP contribution >= 0.6 is 11.3 Å². The molecule has 0 aliphatic heterocycles. The lowest BCUT2D eigenvalue weighted by molar-refractivity contribution is 0.0923. The van der Waals surface area contributed by atoms with Gasteiger partial charge in [0.05, 0.1) is 9.75 Å². The second-order valence-corrected chi connectivity index (χ2v) is 6.76. The standard InChI is InChI=1S/C16H21NO2S/c1-16(9-3-2-4-10-16)12-17-15(19)14-8-7-13(20-14)6-5-11-18/h7-8,18H,2-4,9-12H2,1H3,(H,17,19). The Balaban J connectivity index is 1.89. The monoisotopic (exact) mass is 291 g/mol. The SMILES string of the molecule is CC1(CNC(=O)c2ccc(C#CCO)s2)CCCCC1. The Hall–Kier alpha value is -1.31. The molecule has 0 atom stereocenters. The lowest BCUT2D eigenvalue weighted by atomic mass is 9.76. The third-order valence-electron chi connectivity index (χ3n) is 3.86. The van der Waals surface area contributed by atoms with Crippen LogP contribution in [0.3, 0.4) is 0 Å². The molecule has 108 valence electrons. The Labute approximate surface area is 124 Å². The van der Waals surface area contributed by atoms with Gasteiger partial charge in [0.15, 0.2) is 0 Å². The number of hydrogen-bond acceptors (Lipinski definition) is 3. The quantitative estimate of drug-likeness (QED) is 0.841. The molecule has 1 aliphatic rings. The summed E-state index contributed by atoms with van der Waals surface area (Å²) in [7, 11) is 0. The number of aliphatic hydroxyl groups excluding tert-OH is 1. The molecule has 0 unspecified atom stereocenters. The van der Waals surface area contributed by atoms with Crippen molar-refractivity contribution in [1.29, 1.82) is 0 Å². The molecule has 1 saturated carbocycles. The van der Waals surface area contributed by atoms with Crippen LogP contribution in [0.15, 0.2) is 12.1 Å². The molecule has 20 heavy (non-hydrogen) atoms. The van der Waals surface area contributed by atoms with Crippen LogP contribution in [-0.4, -0.2) is 24.2 Å². The van der Waals surface area contributed by atoms with Crippen LogP contribution in [0.1, 0.15) is 53.6 Å². The summed E-state index contributed by atoms with van der Waals surface area (Å²) >= 11 is 1.37. The van der Waals surface area contributed by atoms with E-state index in [0.717, 1.165) is 11.4 Å². The van der Waals surface area contributed by atoms with Crippen molar-refractivity contribution in [2.24, 2.45) is 5.41 Å². The summed E-state index contributed by atoms with van der Waals surface area (Å²) in [5, 5.41) is 11.7. The summed E-state index contributed by atoms with van der Waals surface area (Å²) in [6, 6.07) is 3.62. The Morgan fingerprint density at radius 1 is 1.40 bits per heavy atom. The zero-order valence-electron chi connectivity index (χ0n) is 11.9. The molecule has 4 heteroatoms. The third-order valence-corrected chi connectivity index (χ3v) is 4.86. The Morgan fingerprint density at radius 2 is 2.15 bits per heavy atom. The van der Waals surface area contributed by atoms with E-state index in [1.165, 1.54) is 43.4 Å². The van der Waals surface area contributed by atoms with Gasteiger partial charge in [-0.1, -0.05) is 38.0 Å². The van der Waals surface area contributed by atoms with Crippen molar-refractivity contribution in [2.75, 3.05) is 13.2 Å². The predicted octanol–water partition coefficient (Wildman–Crippen LogP) is 2.79. The van der Waals surface area contributed by atoms with Crippen LogP contribution in [0.5, 0.6) is 0 Å². The lowest BCUT2D eigenvalue weighted by Crippen LogP contribution is -2.36. The van der Waals surface area contributed by atoms with Gasteiger partial charge in [0.2, 0.25) is 0 Å². The van der Waals surface area contributed by atoms with Gasteiger partial charge in [-0.15, -0.1) is 11.3 Å². The Bertz CT molecular complexity index is 518. The smallest absolute Gasteiger partial charge is 0.261 e. The lowest BCUT2D eigenvalue weighted by Gasteiger charge is -2.33. The van der Waals surface area contributed by atoms with E-state index in [4.69, 9.17) is 5.11 Å². The van der Waals surface area contributed by atoms with Crippen molar-refractivity contribution in [3.63, 3.8) is 0 Å². The number of carbonyl (C=O) groups excluding carboxylic acids is 1. The summed E-state index contributed by atoms with van der Waals surface area (Å²) in [6.07, 6.45) is 6.26. The molecule has 0 spiro atoms. The van der Waals surface area contributed by atoms with E-state index in [1.807, 2.05) is 6.07 Å². The van der Waals surface area contributed by atoms with Crippen molar-refractivity contribution in [2.45, 2.75) is 39.0 Å². The van der Waals surface area contributed by atoms with Crippen LogP contribution < -0.4 is 5.32 Å². The normalized spacial score (nSPS) is 17.1. The summed E-state index contributed by atoms with van der Waals surface area (Å²) < 4.78 is 0. The Morgan fingerprint density at radius 3 is 2.85 bits per heavy atom. The highest BCUT2D eigenvalue weighted by Gasteiger charge is 2.27. The summed E-state index contributed by atoms with van der Waals surface area (Å²) in [5.41, 5.74) is 0.255. The maximum absolute atomic E-state index is 12.1. The first-order chi connectivity index (χ1) is 9.63. The fraction of sp³-hybridized carbons (Fsp3) is 0.562. The number of hydrogen-bond donors (Lipinski definition) is 2. The number of carbonyl (C=O) groups is 1. The van der Waals surface area contributed by atoms with Crippen LogP contribution in [0.4, 0.5) is 0 Å². The van der Waals surface area contributed by atoms with Crippen molar-refractivity contribution in [1.82, 2.24) is 5.32 Å². The van der Waals surface area contributed by atoms with Crippen LogP contribution in [0.25, 0.3) is 0 Å². The molecule has 0 saturated heterocycles. The molecule has 1 aliphatic carbocycles. The molecule has 0 bridgehead atoms. The van der Waals surface area contributed by atoms with E-state index in [-0.39, 0.29) is 17.9 Å². The molecular formula is C16H21NO2S. The zero-order chi connectivity index (χ0) is 14.4. The highest BCUT2D eigenvalue weighted by molar-refractivity contribution is 7.14. The summed E-state index contributed by atoms with van der Waals surface area (Å²) in [5.74, 6) is 5.40. The van der Waals surface area contributed by atoms with E-state index < -0.39 is 0 Å². The van der Waals surface area contributed by atoms with Gasteiger partial charge in [-0.2, -0.15) is 0 Å². The fourth-order valence-corrected chi connectivity index (χ4v) is 3.41. The van der Waals surface area contributed by atoms with E-state index in [9.17, 15) is 4.79 Å². The second-order valence-electron chi connectivity index (χ2n) is 5.68. The second kappa shape index (κ2) is 6.92. The van der Waals surface area contributed by atoms with Crippen molar-refractivity contribution in [3.8, 4) is 11.8 Å². The van der Waals surface area contributed by atoms with Gasteiger partial charge in [-0.3, -0.25) is 4.79 Å². The average Bonchev–Trinajstić information content (AvgIpc) is 2.92. The minimum absolute atomic E-state index is 0.0150. The molecule has 0 aromatic carbocycles. The summed E-state index contributed by atoms with van der Waals surface area (Å²) in [4.78, 5) is 13.6. The van der Waals surface area contributed by atoms with E-state index >= 15 is 0 Å². The van der Waals surface area contributed by atoms with Gasteiger partial charge in [-0.25, -0.2) is 0 Å². The summed E-state index contributed by atoms with van der Waals surface area (Å²) in [6.45, 7) is 2.86. The minimum Gasteiger partial charge on any atom is -0.384 e. The van der Waals surface area contributed by atoms with Gasteiger partial charge in [0.1, 0.15) is 6.61 Å². The highest BCUT2D eigenvalue weighted by Crippen LogP contribution is 2.35. The Kier molecular flexibility index (Phi) is 5.22. The van der Waals surface area contributed by atoms with Crippen molar-refractivity contribution >= 4 is 17.2 Å². The maximum Gasteiger partial charge on any atom is 0.261 e. The molecule has 1 fully saturated rings. The molecule has 1 aromatic heterocycles. The van der Waals surface area contributed by atoms with E-state index in [0.29, 0.717) is 4.88 Å². The fourth-order valence-electron chi connectivity index (χ4n) is 2.62. The molecule has 1 heterocycles. The predicted molar refractivity (Wildman–Crippen MR) is 81.8 cm³/mol. The average molecular weight is 291 g/mol. The van der Waals surface area contributed by atoms with Crippen LogP contribution in [0.2, 0.25) is 0 Å². The number of aliphatic hydroxyl groups is 1. The molecule has 1 aromatic rings. The van der Waals surface area contributed by atoms with Gasteiger partial charge < -0.3 is 10.4 Å². The van der Waals surface area contributed by atoms with E-state index in [2.05, 4.69) is 24.1 Å². The van der Waals surface area contributed by atoms with E-state index in [1.54, 1.807) is 6.07 Å². The molecular weight excluding hydrogens is 270 g/mol. The topological polar surface area (TPSA) is 49.3 Å². The molecule has 2 rings (SSSR count). The van der Waals surface area contributed by atoms with Gasteiger partial charge >= 0.3 is 0 Å². The molecule has 0 radical (unpaired) electrons. The number of rotatable bonds is 3. The minimum atomic E-state index is -0.155. The molecule has 3 nitrogen and oxygen atoms in total. The van der Waals surface area contributed by atoms with Crippen molar-refractivity contribution in [3.05, 3.63) is 21.9 Å².